The molecule has 0 aliphatic carbocycles. The molecule has 1 amide bonds. The Bertz CT molecular complexity index is 590. The van der Waals surface area contributed by atoms with Crippen molar-refractivity contribution in [2.45, 2.75) is 13.0 Å². The number of rotatable bonds is 5. The van der Waals surface area contributed by atoms with Crippen LogP contribution in [0.15, 0.2) is 54.9 Å². The average molecular weight is 265 g/mol. The Morgan fingerprint density at radius 1 is 1.15 bits per heavy atom. The van der Waals surface area contributed by atoms with Crippen molar-refractivity contribution >= 4 is 5.91 Å². The number of benzene rings is 1. The number of nitriles is 1. The van der Waals surface area contributed by atoms with Crippen LogP contribution >= 0.6 is 0 Å². The van der Waals surface area contributed by atoms with Crippen molar-refractivity contribution in [3.8, 4) is 6.07 Å². The molecule has 0 aliphatic heterocycles. The number of amides is 1. The van der Waals surface area contributed by atoms with E-state index in [0.717, 1.165) is 11.1 Å². The third-order valence-corrected chi connectivity index (χ3v) is 2.97. The number of hydrogen-bond acceptors (Lipinski definition) is 3. The average Bonchev–Trinajstić information content (AvgIpc) is 2.52. The molecule has 100 valence electrons. The molecule has 0 saturated heterocycles. The summed E-state index contributed by atoms with van der Waals surface area (Å²) in [5.74, 6) is -0.910. The summed E-state index contributed by atoms with van der Waals surface area (Å²) in [6, 6.07) is 15.3. The molecular formula is C16H15N3O. The summed E-state index contributed by atoms with van der Waals surface area (Å²) < 4.78 is 0. The minimum absolute atomic E-state index is 0.242. The summed E-state index contributed by atoms with van der Waals surface area (Å²) in [6.45, 7) is 0.411. The number of nitrogens with zero attached hydrogens (tertiary/aromatic N) is 2. The molecule has 1 aromatic heterocycles. The summed E-state index contributed by atoms with van der Waals surface area (Å²) in [5.41, 5.74) is 1.95. The molecule has 0 saturated carbocycles. The van der Waals surface area contributed by atoms with Gasteiger partial charge in [-0.25, -0.2) is 0 Å². The van der Waals surface area contributed by atoms with Crippen LogP contribution in [0.25, 0.3) is 0 Å². The van der Waals surface area contributed by atoms with E-state index in [9.17, 15) is 4.79 Å². The van der Waals surface area contributed by atoms with Crippen LogP contribution in [0.1, 0.15) is 11.1 Å². The highest BCUT2D eigenvalue weighted by atomic mass is 16.1. The molecule has 0 aliphatic rings. The van der Waals surface area contributed by atoms with Crippen molar-refractivity contribution < 1.29 is 4.79 Å². The first kappa shape index (κ1) is 13.8. The van der Waals surface area contributed by atoms with Crippen molar-refractivity contribution in [1.82, 2.24) is 10.3 Å². The van der Waals surface area contributed by atoms with Gasteiger partial charge in [0.1, 0.15) is 5.92 Å². The predicted octanol–water partition coefficient (Wildman–Crippen LogP) is 2.08. The second-order valence-corrected chi connectivity index (χ2v) is 4.44. The Morgan fingerprint density at radius 2 is 1.85 bits per heavy atom. The van der Waals surface area contributed by atoms with Gasteiger partial charge in [-0.2, -0.15) is 5.26 Å². The van der Waals surface area contributed by atoms with Gasteiger partial charge in [0, 0.05) is 18.9 Å². The van der Waals surface area contributed by atoms with Gasteiger partial charge >= 0.3 is 0 Å². The van der Waals surface area contributed by atoms with Gasteiger partial charge in [-0.05, 0) is 29.7 Å². The highest BCUT2D eigenvalue weighted by molar-refractivity contribution is 5.81. The van der Waals surface area contributed by atoms with Gasteiger partial charge in [-0.15, -0.1) is 0 Å². The molecule has 1 heterocycles. The van der Waals surface area contributed by atoms with E-state index in [1.165, 1.54) is 0 Å². The molecule has 1 atom stereocenters. The van der Waals surface area contributed by atoms with Crippen LogP contribution in [0.3, 0.4) is 0 Å². The van der Waals surface area contributed by atoms with E-state index in [-0.39, 0.29) is 5.91 Å². The standard InChI is InChI=1S/C16H15N3O/c17-11-15(10-13-4-2-1-3-5-13)16(20)19-12-14-6-8-18-9-7-14/h1-9,15H,10,12H2,(H,19,20). The van der Waals surface area contributed by atoms with Gasteiger partial charge in [-0.3, -0.25) is 9.78 Å². The van der Waals surface area contributed by atoms with Crippen molar-refractivity contribution in [1.29, 1.82) is 5.26 Å². The number of hydrogen-bond donors (Lipinski definition) is 1. The van der Waals surface area contributed by atoms with E-state index in [2.05, 4.69) is 16.4 Å². The summed E-state index contributed by atoms with van der Waals surface area (Å²) in [7, 11) is 0. The molecule has 0 radical (unpaired) electrons. The molecule has 1 N–H and O–H groups in total. The van der Waals surface area contributed by atoms with E-state index >= 15 is 0 Å². The van der Waals surface area contributed by atoms with E-state index in [1.807, 2.05) is 42.5 Å². The van der Waals surface area contributed by atoms with E-state index in [4.69, 9.17) is 5.26 Å². The van der Waals surface area contributed by atoms with E-state index < -0.39 is 5.92 Å². The van der Waals surface area contributed by atoms with Gasteiger partial charge in [0.05, 0.1) is 6.07 Å². The molecule has 4 heteroatoms. The zero-order valence-electron chi connectivity index (χ0n) is 11.0. The first-order valence-electron chi connectivity index (χ1n) is 6.40. The topological polar surface area (TPSA) is 65.8 Å². The van der Waals surface area contributed by atoms with Gasteiger partial charge in [0.2, 0.25) is 5.91 Å². The summed E-state index contributed by atoms with van der Waals surface area (Å²) >= 11 is 0. The van der Waals surface area contributed by atoms with Gasteiger partial charge in [0.15, 0.2) is 0 Å². The number of aromatic nitrogens is 1. The van der Waals surface area contributed by atoms with Crippen molar-refractivity contribution in [2.75, 3.05) is 0 Å². The third-order valence-electron chi connectivity index (χ3n) is 2.97. The van der Waals surface area contributed by atoms with Crippen LogP contribution in [-0.4, -0.2) is 10.9 Å². The first-order valence-corrected chi connectivity index (χ1v) is 6.40. The molecule has 20 heavy (non-hydrogen) atoms. The Balaban J connectivity index is 1.91. The van der Waals surface area contributed by atoms with Gasteiger partial charge in [-0.1, -0.05) is 30.3 Å². The Morgan fingerprint density at radius 3 is 2.50 bits per heavy atom. The Hall–Kier alpha value is -2.67. The Labute approximate surface area is 118 Å². The fourth-order valence-corrected chi connectivity index (χ4v) is 1.86. The van der Waals surface area contributed by atoms with Crippen LogP contribution in [0.5, 0.6) is 0 Å². The molecule has 1 unspecified atom stereocenters. The zero-order chi connectivity index (χ0) is 14.2. The second kappa shape index (κ2) is 7.05. The lowest BCUT2D eigenvalue weighted by Gasteiger charge is -2.10. The fraction of sp³-hybridized carbons (Fsp3) is 0.188. The zero-order valence-corrected chi connectivity index (χ0v) is 11.0. The molecule has 0 spiro atoms. The SMILES string of the molecule is N#CC(Cc1ccccc1)C(=O)NCc1ccncc1. The lowest BCUT2D eigenvalue weighted by Crippen LogP contribution is -2.30. The third kappa shape index (κ3) is 3.92. The fourth-order valence-electron chi connectivity index (χ4n) is 1.86. The molecular weight excluding hydrogens is 250 g/mol. The smallest absolute Gasteiger partial charge is 0.237 e. The largest absolute Gasteiger partial charge is 0.351 e. The molecule has 1 aromatic carbocycles. The summed E-state index contributed by atoms with van der Waals surface area (Å²) in [4.78, 5) is 15.9. The van der Waals surface area contributed by atoms with Crippen molar-refractivity contribution in [3.05, 3.63) is 66.0 Å². The van der Waals surface area contributed by atoms with Crippen LogP contribution in [0, 0.1) is 17.2 Å². The lowest BCUT2D eigenvalue weighted by molar-refractivity contribution is -0.123. The number of nitrogens with one attached hydrogen (secondary N) is 1. The summed E-state index contributed by atoms with van der Waals surface area (Å²) in [6.07, 6.45) is 3.78. The van der Waals surface area contributed by atoms with Crippen LogP contribution in [0.4, 0.5) is 0 Å². The maximum Gasteiger partial charge on any atom is 0.237 e. The quantitative estimate of drug-likeness (QED) is 0.900. The molecule has 0 fully saturated rings. The second-order valence-electron chi connectivity index (χ2n) is 4.44. The monoisotopic (exact) mass is 265 g/mol. The summed E-state index contributed by atoms with van der Waals surface area (Å²) in [5, 5.41) is 11.9. The molecule has 4 nitrogen and oxygen atoms in total. The lowest BCUT2D eigenvalue weighted by atomic mass is 10.00. The Kier molecular flexibility index (Phi) is 4.85. The van der Waals surface area contributed by atoms with E-state index in [1.54, 1.807) is 12.4 Å². The van der Waals surface area contributed by atoms with Gasteiger partial charge in [0.25, 0.3) is 0 Å². The van der Waals surface area contributed by atoms with Crippen LogP contribution in [0.2, 0.25) is 0 Å². The normalized spacial score (nSPS) is 11.3. The molecule has 2 aromatic rings. The van der Waals surface area contributed by atoms with Crippen molar-refractivity contribution in [3.63, 3.8) is 0 Å². The van der Waals surface area contributed by atoms with Crippen LogP contribution < -0.4 is 5.32 Å². The minimum atomic E-state index is -0.667. The number of carbonyl (C=O) groups excluding carboxylic acids is 1. The number of pyridine rings is 1. The minimum Gasteiger partial charge on any atom is -0.351 e. The predicted molar refractivity (Wildman–Crippen MR) is 75.3 cm³/mol. The van der Waals surface area contributed by atoms with Crippen molar-refractivity contribution in [2.24, 2.45) is 5.92 Å². The molecule has 2 rings (SSSR count). The van der Waals surface area contributed by atoms with E-state index in [0.29, 0.717) is 13.0 Å². The van der Waals surface area contributed by atoms with Gasteiger partial charge < -0.3 is 5.32 Å². The molecule has 0 bridgehead atoms. The number of carbonyl (C=O) groups is 1. The first-order chi connectivity index (χ1) is 9.79. The highest BCUT2D eigenvalue weighted by Gasteiger charge is 2.17. The maximum atomic E-state index is 12.0. The maximum absolute atomic E-state index is 12.0. The van der Waals surface area contributed by atoms with Crippen LogP contribution in [-0.2, 0) is 17.8 Å². The highest BCUT2D eigenvalue weighted by Crippen LogP contribution is 2.08.